The predicted octanol–water partition coefficient (Wildman–Crippen LogP) is -2.30. The molecule has 0 spiro atoms. The fourth-order valence-electron chi connectivity index (χ4n) is 1.21. The predicted molar refractivity (Wildman–Crippen MR) is 55.2 cm³/mol. The molecule has 0 aliphatic carbocycles. The van der Waals surface area contributed by atoms with Crippen LogP contribution in [0.1, 0.15) is 0 Å². The number of aliphatic imine (C=N–C) groups is 1. The lowest BCUT2D eigenvalue weighted by atomic mass is 10.3. The Bertz CT molecular complexity index is 409. The molecule has 0 radical (unpaired) electrons. The van der Waals surface area contributed by atoms with Crippen molar-refractivity contribution in [2.24, 2.45) is 4.99 Å². The molecule has 6 heteroatoms. The number of rotatable bonds is 2. The van der Waals surface area contributed by atoms with Crippen LogP contribution in [-0.2, 0) is 4.79 Å². The fourth-order valence-corrected chi connectivity index (χ4v) is 1.85. The van der Waals surface area contributed by atoms with Gasteiger partial charge in [-0.3, -0.25) is 10.1 Å². The Balaban J connectivity index is 0.00000112. The van der Waals surface area contributed by atoms with Crippen molar-refractivity contribution in [3.05, 3.63) is 24.3 Å². The van der Waals surface area contributed by atoms with Crippen molar-refractivity contribution in [2.45, 2.75) is 0 Å². The highest BCUT2D eigenvalue weighted by Gasteiger charge is 2.19. The second-order valence-corrected chi connectivity index (χ2v) is 3.83. The Morgan fingerprint density at radius 3 is 2.87 bits per heavy atom. The minimum atomic E-state index is -0.818. The second-order valence-electron chi connectivity index (χ2n) is 2.84. The lowest BCUT2D eigenvalue weighted by Crippen LogP contribution is -3.00. The van der Waals surface area contributed by atoms with Gasteiger partial charge in [0.2, 0.25) is 0 Å². The second kappa shape index (κ2) is 5.16. The first kappa shape index (κ1) is 12.0. The number of para-hydroxylation sites is 2. The minimum Gasteiger partial charge on any atom is -1.00 e. The summed E-state index contributed by atoms with van der Waals surface area (Å²) < 4.78 is 0. The van der Waals surface area contributed by atoms with Crippen LogP contribution in [-0.4, -0.2) is 22.0 Å². The van der Waals surface area contributed by atoms with Gasteiger partial charge in [-0.1, -0.05) is 12.1 Å². The van der Waals surface area contributed by atoms with Gasteiger partial charge in [0, 0.05) is 6.07 Å². The molecule has 0 atom stereocenters. The van der Waals surface area contributed by atoms with E-state index in [-0.39, 0.29) is 18.2 Å². The molecule has 1 aromatic carbocycles. The van der Waals surface area contributed by atoms with E-state index in [1.54, 1.807) is 0 Å². The molecule has 0 fully saturated rings. The van der Waals surface area contributed by atoms with E-state index in [9.17, 15) is 4.79 Å². The topological polar surface area (TPSA) is 66.3 Å². The van der Waals surface area contributed by atoms with Gasteiger partial charge in [-0.2, -0.15) is 4.99 Å². The van der Waals surface area contributed by atoms with Crippen molar-refractivity contribution in [2.75, 3.05) is 5.75 Å². The molecule has 1 heterocycles. The molecule has 15 heavy (non-hydrogen) atoms. The van der Waals surface area contributed by atoms with E-state index in [1.807, 2.05) is 29.6 Å². The van der Waals surface area contributed by atoms with E-state index < -0.39 is 5.97 Å². The first-order valence-corrected chi connectivity index (χ1v) is 5.11. The number of hydrogen-bond donors (Lipinski definition) is 2. The van der Waals surface area contributed by atoms with Gasteiger partial charge >= 0.3 is 5.97 Å². The van der Waals surface area contributed by atoms with Crippen LogP contribution in [0.5, 0.6) is 0 Å². The molecule has 3 N–H and O–H groups in total. The molecule has 2 rings (SSSR count). The summed E-state index contributed by atoms with van der Waals surface area (Å²) in [5.74, 6) is -0.759. The SMILES string of the molecule is O=C(O)CSC1=Nc2ccccc2[NH2+]1.[Cl-]. The molecule has 1 aliphatic rings. The largest absolute Gasteiger partial charge is 1.00 e. The summed E-state index contributed by atoms with van der Waals surface area (Å²) in [6, 6.07) is 7.74. The number of hydrogen-bond acceptors (Lipinski definition) is 3. The van der Waals surface area contributed by atoms with Gasteiger partial charge in [0.1, 0.15) is 11.4 Å². The van der Waals surface area contributed by atoms with Gasteiger partial charge in [0.05, 0.1) is 0 Å². The zero-order valence-electron chi connectivity index (χ0n) is 7.68. The van der Waals surface area contributed by atoms with E-state index in [4.69, 9.17) is 5.11 Å². The number of carboxylic acid groups (broad SMARTS) is 1. The quantitative estimate of drug-likeness (QED) is 0.576. The molecule has 0 aromatic heterocycles. The normalized spacial score (nSPS) is 12.7. The van der Waals surface area contributed by atoms with Crippen LogP contribution < -0.4 is 17.7 Å². The van der Waals surface area contributed by atoms with Gasteiger partial charge in [-0.25, -0.2) is 0 Å². The summed E-state index contributed by atoms with van der Waals surface area (Å²) in [7, 11) is 0. The Kier molecular flexibility index (Phi) is 4.14. The Morgan fingerprint density at radius 2 is 2.20 bits per heavy atom. The zero-order valence-corrected chi connectivity index (χ0v) is 9.26. The van der Waals surface area contributed by atoms with Gasteiger partial charge in [-0.15, -0.1) is 0 Å². The van der Waals surface area contributed by atoms with Gasteiger partial charge < -0.3 is 17.5 Å². The van der Waals surface area contributed by atoms with Gasteiger partial charge in [0.25, 0.3) is 5.17 Å². The van der Waals surface area contributed by atoms with Crippen molar-refractivity contribution in [1.82, 2.24) is 0 Å². The number of halogens is 1. The van der Waals surface area contributed by atoms with Crippen molar-refractivity contribution < 1.29 is 27.6 Å². The molecule has 80 valence electrons. The number of carbonyl (C=O) groups is 1. The molecule has 4 nitrogen and oxygen atoms in total. The number of nitrogens with zero attached hydrogens (tertiary/aromatic N) is 1. The summed E-state index contributed by atoms with van der Waals surface area (Å²) in [4.78, 5) is 14.6. The van der Waals surface area contributed by atoms with E-state index >= 15 is 0 Å². The Hall–Kier alpha value is -1.04. The van der Waals surface area contributed by atoms with Crippen molar-refractivity contribution in [3.63, 3.8) is 0 Å². The van der Waals surface area contributed by atoms with Crippen LogP contribution in [0.15, 0.2) is 29.3 Å². The molecule has 0 unspecified atom stereocenters. The number of nitrogens with two attached hydrogens (primary N) is 1. The Labute approximate surface area is 97.2 Å². The number of amidine groups is 1. The maximum absolute atomic E-state index is 10.3. The third-order valence-electron chi connectivity index (χ3n) is 1.79. The highest BCUT2D eigenvalue weighted by molar-refractivity contribution is 8.13. The summed E-state index contributed by atoms with van der Waals surface area (Å²) >= 11 is 1.24. The number of aliphatic carboxylic acids is 1. The Morgan fingerprint density at radius 1 is 1.47 bits per heavy atom. The number of fused-ring (bicyclic) bond motifs is 1. The van der Waals surface area contributed by atoms with Crippen molar-refractivity contribution in [1.29, 1.82) is 0 Å². The molecule has 0 bridgehead atoms. The van der Waals surface area contributed by atoms with Crippen LogP contribution >= 0.6 is 11.8 Å². The van der Waals surface area contributed by atoms with E-state index in [0.717, 1.165) is 16.5 Å². The first-order chi connectivity index (χ1) is 6.75. The van der Waals surface area contributed by atoms with Gasteiger partial charge in [0.15, 0.2) is 5.69 Å². The highest BCUT2D eigenvalue weighted by Crippen LogP contribution is 2.24. The number of quaternary nitrogens is 1. The van der Waals surface area contributed by atoms with E-state index in [2.05, 4.69) is 4.99 Å². The average Bonchev–Trinajstić information content (AvgIpc) is 2.57. The molecule has 0 saturated carbocycles. The first-order valence-electron chi connectivity index (χ1n) is 4.13. The van der Waals surface area contributed by atoms with Crippen LogP contribution in [0.25, 0.3) is 0 Å². The lowest BCUT2D eigenvalue weighted by Gasteiger charge is -1.93. The molecular formula is C9H9ClN2O2S. The van der Waals surface area contributed by atoms with Crippen LogP contribution in [0, 0.1) is 0 Å². The van der Waals surface area contributed by atoms with Gasteiger partial charge in [-0.05, 0) is 17.8 Å². The van der Waals surface area contributed by atoms with Crippen molar-refractivity contribution >= 4 is 34.3 Å². The fraction of sp³-hybridized carbons (Fsp3) is 0.111. The van der Waals surface area contributed by atoms with E-state index in [0.29, 0.717) is 0 Å². The number of thioether (sulfide) groups is 1. The molecule has 0 amide bonds. The van der Waals surface area contributed by atoms with Crippen LogP contribution in [0.4, 0.5) is 11.4 Å². The molecule has 1 aliphatic heterocycles. The lowest BCUT2D eigenvalue weighted by molar-refractivity contribution is -0.432. The molecule has 1 aromatic rings. The summed E-state index contributed by atoms with van der Waals surface area (Å²) in [6.45, 7) is 0. The van der Waals surface area contributed by atoms with E-state index in [1.165, 1.54) is 11.8 Å². The zero-order chi connectivity index (χ0) is 9.97. The summed E-state index contributed by atoms with van der Waals surface area (Å²) in [5.41, 5.74) is 1.97. The monoisotopic (exact) mass is 244 g/mol. The minimum absolute atomic E-state index is 0. The third kappa shape index (κ3) is 2.95. The number of carboxylic acids is 1. The van der Waals surface area contributed by atoms with Crippen molar-refractivity contribution in [3.8, 4) is 0 Å². The smallest absolute Gasteiger partial charge is 0.314 e. The molecular weight excluding hydrogens is 236 g/mol. The standard InChI is InChI=1S/C9H8N2O2S.ClH/c12-8(13)5-14-9-10-6-3-1-2-4-7(6)11-9;/h1-4H,5H2,(H,10,11)(H,12,13);1H. The van der Waals surface area contributed by atoms with Crippen LogP contribution in [0.2, 0.25) is 0 Å². The molecule has 0 saturated heterocycles. The third-order valence-corrected chi connectivity index (χ3v) is 2.69. The highest BCUT2D eigenvalue weighted by atomic mass is 35.5. The summed E-state index contributed by atoms with van der Waals surface area (Å²) in [6.07, 6.45) is 0. The van der Waals surface area contributed by atoms with Crippen LogP contribution in [0.3, 0.4) is 0 Å². The maximum Gasteiger partial charge on any atom is 0.314 e. The summed E-state index contributed by atoms with van der Waals surface area (Å²) in [5, 5.41) is 11.2. The average molecular weight is 245 g/mol. The number of benzene rings is 1. The maximum atomic E-state index is 10.3.